The Kier molecular flexibility index (Phi) is 6.11. The third-order valence-electron chi connectivity index (χ3n) is 5.73. The predicted octanol–water partition coefficient (Wildman–Crippen LogP) is 4.69. The van der Waals surface area contributed by atoms with Gasteiger partial charge in [-0.3, -0.25) is 9.69 Å². The number of carbonyl (C=O) groups is 1. The summed E-state index contributed by atoms with van der Waals surface area (Å²) in [6.07, 6.45) is 3.22. The van der Waals surface area contributed by atoms with E-state index < -0.39 is 0 Å². The lowest BCUT2D eigenvalue weighted by atomic mass is 9.79. The van der Waals surface area contributed by atoms with E-state index in [9.17, 15) is 4.79 Å². The number of hydrogen-bond acceptors (Lipinski definition) is 2. The van der Waals surface area contributed by atoms with Gasteiger partial charge < -0.3 is 9.88 Å². The van der Waals surface area contributed by atoms with Gasteiger partial charge in [-0.2, -0.15) is 0 Å². The van der Waals surface area contributed by atoms with E-state index >= 15 is 0 Å². The van der Waals surface area contributed by atoms with Crippen molar-refractivity contribution in [2.75, 3.05) is 26.7 Å². The molecule has 2 atom stereocenters. The summed E-state index contributed by atoms with van der Waals surface area (Å²) in [5, 5.41) is 1.31. The molecule has 2 aromatic rings. The van der Waals surface area contributed by atoms with Gasteiger partial charge in [0.05, 0.1) is 10.5 Å². The highest BCUT2D eigenvalue weighted by molar-refractivity contribution is 9.10. The Balaban J connectivity index is 0.00000102. The average molecular weight is 432 g/mol. The molecule has 1 aliphatic carbocycles. The first kappa shape index (κ1) is 20.2. The number of aromatic amines is 1. The van der Waals surface area contributed by atoms with Crippen LogP contribution in [0.4, 0.5) is 0 Å². The zero-order valence-electron chi connectivity index (χ0n) is 17.0. The highest BCUT2D eigenvalue weighted by atomic mass is 79.9. The molecule has 1 aromatic carbocycles. The van der Waals surface area contributed by atoms with Crippen LogP contribution in [0.3, 0.4) is 0 Å². The van der Waals surface area contributed by atoms with E-state index in [0.29, 0.717) is 6.04 Å². The predicted molar refractivity (Wildman–Crippen MR) is 117 cm³/mol. The molecular weight excluding hydrogens is 402 g/mol. The second-order valence-corrected chi connectivity index (χ2v) is 7.84. The van der Waals surface area contributed by atoms with Crippen molar-refractivity contribution in [1.29, 1.82) is 0 Å². The largest absolute Gasteiger partial charge is 0.349 e. The van der Waals surface area contributed by atoms with Crippen LogP contribution < -0.4 is 0 Å². The minimum Gasteiger partial charge on any atom is -0.349 e. The van der Waals surface area contributed by atoms with Crippen molar-refractivity contribution in [1.82, 2.24) is 14.8 Å². The van der Waals surface area contributed by atoms with Crippen LogP contribution >= 0.6 is 15.9 Å². The van der Waals surface area contributed by atoms with Crippen LogP contribution in [0.1, 0.15) is 38.8 Å². The number of halogens is 1. The van der Waals surface area contributed by atoms with Crippen molar-refractivity contribution >= 4 is 38.3 Å². The van der Waals surface area contributed by atoms with Crippen LogP contribution in [0.2, 0.25) is 0 Å². The molecule has 0 saturated carbocycles. The second-order valence-electron chi connectivity index (χ2n) is 7.04. The van der Waals surface area contributed by atoms with E-state index in [-0.39, 0.29) is 11.8 Å². The molecule has 2 heterocycles. The number of hydrogen-bond donors (Lipinski definition) is 1. The molecule has 146 valence electrons. The molecular formula is C22H30BrN3O. The second kappa shape index (κ2) is 8.19. The summed E-state index contributed by atoms with van der Waals surface area (Å²) in [5.41, 5.74) is 5.10. The molecule has 0 spiro atoms. The zero-order valence-corrected chi connectivity index (χ0v) is 18.6. The van der Waals surface area contributed by atoms with Crippen molar-refractivity contribution in [2.45, 2.75) is 40.2 Å². The number of likely N-dealkylation sites (N-methyl/N-ethyl adjacent to an activating group) is 1. The van der Waals surface area contributed by atoms with E-state index in [1.165, 1.54) is 27.6 Å². The molecule has 1 N–H and O–H groups in total. The summed E-state index contributed by atoms with van der Waals surface area (Å²) in [6.45, 7) is 10.4. The quantitative estimate of drug-likeness (QED) is 0.764. The maximum atomic E-state index is 12.9. The normalized spacial score (nSPS) is 21.2. The van der Waals surface area contributed by atoms with Gasteiger partial charge in [0.25, 0.3) is 0 Å². The maximum absolute atomic E-state index is 12.9. The summed E-state index contributed by atoms with van der Waals surface area (Å²) < 4.78 is 1.09. The van der Waals surface area contributed by atoms with Gasteiger partial charge >= 0.3 is 0 Å². The van der Waals surface area contributed by atoms with Crippen molar-refractivity contribution < 1.29 is 4.79 Å². The molecule has 0 saturated heterocycles. The lowest BCUT2D eigenvalue weighted by Gasteiger charge is -2.40. The van der Waals surface area contributed by atoms with Crippen LogP contribution in [0, 0.1) is 5.92 Å². The van der Waals surface area contributed by atoms with Crippen molar-refractivity contribution in [3.05, 3.63) is 40.0 Å². The first-order valence-electron chi connectivity index (χ1n) is 10.0. The van der Waals surface area contributed by atoms with Crippen LogP contribution in [0.15, 0.2) is 28.9 Å². The first-order valence-corrected chi connectivity index (χ1v) is 10.8. The Morgan fingerprint density at radius 2 is 2.00 bits per heavy atom. The van der Waals surface area contributed by atoms with Gasteiger partial charge in [0.15, 0.2) is 0 Å². The highest BCUT2D eigenvalue weighted by Crippen LogP contribution is 2.43. The minimum atomic E-state index is -0.0599. The standard InChI is InChI=1S/C20H24BrN3O.C2H6/c1-4-24(5-2)20(25)12-9-14-13-7-6-8-16-18(13)15(19(21)22-16)10-17(14)23(3)11-12;1-2/h6-9,12,17,22H,4-5,10-11H2,1-3H3;1-2H3/t12?,17-;/m0./s1. The third kappa shape index (κ3) is 3.36. The summed E-state index contributed by atoms with van der Waals surface area (Å²) in [6, 6.07) is 6.76. The molecule has 5 heteroatoms. The first-order chi connectivity index (χ1) is 13.0. The van der Waals surface area contributed by atoms with Gasteiger partial charge in [-0.05, 0) is 66.0 Å². The molecule has 4 nitrogen and oxygen atoms in total. The number of amides is 1. The fourth-order valence-electron chi connectivity index (χ4n) is 4.42. The smallest absolute Gasteiger partial charge is 0.230 e. The third-order valence-corrected chi connectivity index (χ3v) is 6.41. The molecule has 0 bridgehead atoms. The van der Waals surface area contributed by atoms with Crippen molar-refractivity contribution in [3.8, 4) is 0 Å². The van der Waals surface area contributed by atoms with Crippen molar-refractivity contribution in [2.24, 2.45) is 5.92 Å². The monoisotopic (exact) mass is 431 g/mol. The molecule has 0 radical (unpaired) electrons. The van der Waals surface area contributed by atoms with Gasteiger partial charge in [-0.1, -0.05) is 32.1 Å². The summed E-state index contributed by atoms with van der Waals surface area (Å²) in [5.74, 6) is 0.186. The number of H-pyrrole nitrogens is 1. The van der Waals surface area contributed by atoms with E-state index in [1.54, 1.807) is 0 Å². The van der Waals surface area contributed by atoms with Crippen LogP contribution in [-0.2, 0) is 11.2 Å². The number of carbonyl (C=O) groups excluding carboxylic acids is 1. The Morgan fingerprint density at radius 1 is 1.30 bits per heavy atom. The number of nitrogens with zero attached hydrogens (tertiary/aromatic N) is 2. The Labute approximate surface area is 170 Å². The summed E-state index contributed by atoms with van der Waals surface area (Å²) >= 11 is 3.69. The molecule has 1 unspecified atom stereocenters. The molecule has 0 fully saturated rings. The highest BCUT2D eigenvalue weighted by Gasteiger charge is 2.37. The Bertz CT molecular complexity index is 866. The lowest BCUT2D eigenvalue weighted by Crippen LogP contribution is -2.47. The molecule has 27 heavy (non-hydrogen) atoms. The van der Waals surface area contributed by atoms with E-state index in [0.717, 1.165) is 30.7 Å². The fourth-order valence-corrected chi connectivity index (χ4v) is 4.99. The Morgan fingerprint density at radius 3 is 2.67 bits per heavy atom. The van der Waals surface area contributed by atoms with Crippen LogP contribution in [0.25, 0.3) is 16.5 Å². The number of rotatable bonds is 3. The van der Waals surface area contributed by atoms with E-state index in [1.807, 2.05) is 18.7 Å². The zero-order chi connectivity index (χ0) is 19.7. The van der Waals surface area contributed by atoms with Gasteiger partial charge in [-0.15, -0.1) is 0 Å². The summed E-state index contributed by atoms with van der Waals surface area (Å²) in [7, 11) is 2.14. The number of nitrogens with one attached hydrogen (secondary N) is 1. The van der Waals surface area contributed by atoms with Gasteiger partial charge in [0.2, 0.25) is 5.91 Å². The maximum Gasteiger partial charge on any atom is 0.230 e. The Hall–Kier alpha value is -1.59. The van der Waals surface area contributed by atoms with Gasteiger partial charge in [-0.25, -0.2) is 0 Å². The molecule has 4 rings (SSSR count). The summed E-state index contributed by atoms with van der Waals surface area (Å²) in [4.78, 5) is 20.7. The topological polar surface area (TPSA) is 39.3 Å². The van der Waals surface area contributed by atoms with E-state index in [2.05, 4.69) is 71.0 Å². The molecule has 1 aromatic heterocycles. The number of aromatic nitrogens is 1. The van der Waals surface area contributed by atoms with Crippen LogP contribution in [-0.4, -0.2) is 53.4 Å². The SMILES string of the molecule is CC.CCN(CC)C(=O)C1C=C2c3cccc4[nH]c(Br)c(c34)C[C@@H]2N(C)C1. The van der Waals surface area contributed by atoms with Crippen LogP contribution in [0.5, 0.6) is 0 Å². The molecule has 1 aliphatic heterocycles. The minimum absolute atomic E-state index is 0.0599. The van der Waals surface area contributed by atoms with E-state index in [4.69, 9.17) is 0 Å². The lowest BCUT2D eigenvalue weighted by molar-refractivity contribution is -0.134. The van der Waals surface area contributed by atoms with Gasteiger partial charge in [0.1, 0.15) is 0 Å². The fraction of sp³-hybridized carbons (Fsp3) is 0.500. The van der Waals surface area contributed by atoms with Crippen molar-refractivity contribution in [3.63, 3.8) is 0 Å². The molecule has 2 aliphatic rings. The average Bonchev–Trinajstić information content (AvgIpc) is 3.01. The number of fused-ring (bicyclic) bond motifs is 2. The van der Waals surface area contributed by atoms with Gasteiger partial charge in [0, 0.05) is 36.6 Å². The number of benzene rings is 1. The molecule has 1 amide bonds.